The molecule has 0 saturated carbocycles. The summed E-state index contributed by atoms with van der Waals surface area (Å²) in [5.41, 5.74) is 1.12. The van der Waals surface area contributed by atoms with Gasteiger partial charge in [0.25, 0.3) is 0 Å². The van der Waals surface area contributed by atoms with E-state index < -0.39 is 0 Å². The van der Waals surface area contributed by atoms with Crippen LogP contribution in [-0.2, 0) is 0 Å². The van der Waals surface area contributed by atoms with Crippen LogP contribution in [0.3, 0.4) is 0 Å². The summed E-state index contributed by atoms with van der Waals surface area (Å²) in [5.74, 6) is 0.870. The third-order valence-corrected chi connectivity index (χ3v) is 4.52. The highest BCUT2D eigenvalue weighted by Gasteiger charge is 2.15. The van der Waals surface area contributed by atoms with E-state index in [4.69, 9.17) is 4.74 Å². The first kappa shape index (κ1) is 15.6. The fraction of sp³-hybridized carbons (Fsp3) is 0.625. The van der Waals surface area contributed by atoms with Crippen LogP contribution in [0.25, 0.3) is 0 Å². The predicted molar refractivity (Wildman–Crippen MR) is 88.7 cm³/mol. The maximum Gasteiger partial charge on any atom is 0.135 e. The Morgan fingerprint density at radius 1 is 1.40 bits per heavy atom. The third-order valence-electron chi connectivity index (χ3n) is 3.86. The zero-order valence-electron chi connectivity index (χ0n) is 12.4. The number of halogens is 1. The minimum atomic E-state index is 0.455. The first-order valence-corrected chi connectivity index (χ1v) is 8.32. The van der Waals surface area contributed by atoms with Gasteiger partial charge in [0.15, 0.2) is 0 Å². The molecule has 1 aromatic rings. The molecular formula is C16H25BrN2O. The van der Waals surface area contributed by atoms with Crippen LogP contribution in [0, 0.1) is 0 Å². The standard InChI is InChI=1S/C16H25BrN2O/c1-12(10-13-6-4-3-5-9-18-13)19-14-7-8-15(17)16(11-14)20-2/h7-8,11-13,18-19H,3-6,9-10H2,1-2H3. The lowest BCUT2D eigenvalue weighted by Crippen LogP contribution is -2.33. The molecule has 20 heavy (non-hydrogen) atoms. The molecule has 0 aliphatic carbocycles. The number of hydrogen-bond donors (Lipinski definition) is 2. The van der Waals surface area contributed by atoms with Gasteiger partial charge in [-0.05, 0) is 60.8 Å². The average Bonchev–Trinajstić information content (AvgIpc) is 2.69. The molecule has 1 aromatic carbocycles. The van der Waals surface area contributed by atoms with E-state index in [9.17, 15) is 0 Å². The first-order chi connectivity index (χ1) is 9.69. The molecule has 0 radical (unpaired) electrons. The van der Waals surface area contributed by atoms with Crippen molar-refractivity contribution in [3.63, 3.8) is 0 Å². The molecule has 1 heterocycles. The molecule has 4 heteroatoms. The second-order valence-electron chi connectivity index (χ2n) is 5.63. The molecule has 0 bridgehead atoms. The first-order valence-electron chi connectivity index (χ1n) is 7.52. The molecule has 0 spiro atoms. The Labute approximate surface area is 130 Å². The van der Waals surface area contributed by atoms with Crippen molar-refractivity contribution in [2.45, 2.75) is 51.1 Å². The summed E-state index contributed by atoms with van der Waals surface area (Å²) in [5, 5.41) is 7.23. The summed E-state index contributed by atoms with van der Waals surface area (Å²) in [6.07, 6.45) is 6.52. The summed E-state index contributed by atoms with van der Waals surface area (Å²) in [6, 6.07) is 7.26. The molecule has 1 aliphatic rings. The van der Waals surface area contributed by atoms with Crippen LogP contribution in [0.1, 0.15) is 39.0 Å². The number of rotatable bonds is 5. The Morgan fingerprint density at radius 3 is 3.05 bits per heavy atom. The van der Waals surface area contributed by atoms with E-state index in [1.807, 2.05) is 12.1 Å². The van der Waals surface area contributed by atoms with Crippen molar-refractivity contribution < 1.29 is 4.74 Å². The van der Waals surface area contributed by atoms with Gasteiger partial charge in [-0.15, -0.1) is 0 Å². The van der Waals surface area contributed by atoms with Crippen LogP contribution >= 0.6 is 15.9 Å². The van der Waals surface area contributed by atoms with Gasteiger partial charge in [0.1, 0.15) is 5.75 Å². The Morgan fingerprint density at radius 2 is 2.25 bits per heavy atom. The van der Waals surface area contributed by atoms with Crippen molar-refractivity contribution in [3.8, 4) is 5.75 Å². The van der Waals surface area contributed by atoms with E-state index in [-0.39, 0.29) is 0 Å². The average molecular weight is 341 g/mol. The Hall–Kier alpha value is -0.740. The molecule has 2 atom stereocenters. The third kappa shape index (κ3) is 4.67. The SMILES string of the molecule is COc1cc(NC(C)CC2CCCCCN2)ccc1Br. The molecule has 2 N–H and O–H groups in total. The van der Waals surface area contributed by atoms with E-state index in [2.05, 4.69) is 39.6 Å². The number of methoxy groups -OCH3 is 1. The maximum absolute atomic E-state index is 5.33. The Bertz CT molecular complexity index is 417. The zero-order valence-corrected chi connectivity index (χ0v) is 14.0. The topological polar surface area (TPSA) is 33.3 Å². The van der Waals surface area contributed by atoms with E-state index in [1.54, 1.807) is 7.11 Å². The van der Waals surface area contributed by atoms with Crippen molar-refractivity contribution in [1.82, 2.24) is 5.32 Å². The van der Waals surface area contributed by atoms with Gasteiger partial charge in [0.05, 0.1) is 11.6 Å². The van der Waals surface area contributed by atoms with Crippen LogP contribution in [-0.4, -0.2) is 25.7 Å². The number of hydrogen-bond acceptors (Lipinski definition) is 3. The van der Waals surface area contributed by atoms with Crippen molar-refractivity contribution in [2.75, 3.05) is 19.0 Å². The van der Waals surface area contributed by atoms with Gasteiger partial charge < -0.3 is 15.4 Å². The second-order valence-corrected chi connectivity index (χ2v) is 6.49. The van der Waals surface area contributed by atoms with E-state index in [1.165, 1.54) is 38.6 Å². The lowest BCUT2D eigenvalue weighted by Gasteiger charge is -2.22. The highest BCUT2D eigenvalue weighted by atomic mass is 79.9. The van der Waals surface area contributed by atoms with Crippen LogP contribution in [0.15, 0.2) is 22.7 Å². The van der Waals surface area contributed by atoms with Crippen molar-refractivity contribution in [1.29, 1.82) is 0 Å². The van der Waals surface area contributed by atoms with E-state index >= 15 is 0 Å². The number of ether oxygens (including phenoxy) is 1. The normalized spacial score (nSPS) is 21.1. The van der Waals surface area contributed by atoms with Crippen LogP contribution in [0.5, 0.6) is 5.75 Å². The summed E-state index contributed by atoms with van der Waals surface area (Å²) in [4.78, 5) is 0. The van der Waals surface area contributed by atoms with Gasteiger partial charge in [-0.2, -0.15) is 0 Å². The molecule has 112 valence electrons. The lowest BCUT2D eigenvalue weighted by molar-refractivity contribution is 0.412. The maximum atomic E-state index is 5.33. The van der Waals surface area contributed by atoms with Gasteiger partial charge >= 0.3 is 0 Å². The summed E-state index contributed by atoms with van der Waals surface area (Å²) < 4.78 is 6.32. The van der Waals surface area contributed by atoms with E-state index in [0.29, 0.717) is 12.1 Å². The molecule has 3 nitrogen and oxygen atoms in total. The highest BCUT2D eigenvalue weighted by molar-refractivity contribution is 9.10. The fourth-order valence-corrected chi connectivity index (χ4v) is 3.23. The van der Waals surface area contributed by atoms with Gasteiger partial charge in [-0.3, -0.25) is 0 Å². The minimum absolute atomic E-state index is 0.455. The van der Waals surface area contributed by atoms with Gasteiger partial charge in [0.2, 0.25) is 0 Å². The van der Waals surface area contributed by atoms with Gasteiger partial charge in [0, 0.05) is 23.8 Å². The summed E-state index contributed by atoms with van der Waals surface area (Å²) >= 11 is 3.48. The molecular weight excluding hydrogens is 316 g/mol. The Balaban J connectivity index is 1.88. The zero-order chi connectivity index (χ0) is 14.4. The number of anilines is 1. The van der Waals surface area contributed by atoms with Crippen molar-refractivity contribution in [2.24, 2.45) is 0 Å². The smallest absolute Gasteiger partial charge is 0.135 e. The molecule has 2 rings (SSSR count). The summed E-state index contributed by atoms with van der Waals surface area (Å²) in [7, 11) is 1.70. The van der Waals surface area contributed by atoms with E-state index in [0.717, 1.165) is 15.9 Å². The van der Waals surface area contributed by atoms with Crippen molar-refractivity contribution in [3.05, 3.63) is 22.7 Å². The monoisotopic (exact) mass is 340 g/mol. The molecule has 0 amide bonds. The highest BCUT2D eigenvalue weighted by Crippen LogP contribution is 2.28. The van der Waals surface area contributed by atoms with Crippen LogP contribution in [0.4, 0.5) is 5.69 Å². The van der Waals surface area contributed by atoms with Crippen LogP contribution in [0.2, 0.25) is 0 Å². The largest absolute Gasteiger partial charge is 0.495 e. The van der Waals surface area contributed by atoms with Crippen LogP contribution < -0.4 is 15.4 Å². The minimum Gasteiger partial charge on any atom is -0.495 e. The second kappa shape index (κ2) is 7.89. The van der Waals surface area contributed by atoms with Gasteiger partial charge in [-0.25, -0.2) is 0 Å². The quantitative estimate of drug-likeness (QED) is 0.843. The lowest BCUT2D eigenvalue weighted by atomic mass is 10.0. The molecule has 2 unspecified atom stereocenters. The van der Waals surface area contributed by atoms with Gasteiger partial charge in [-0.1, -0.05) is 12.8 Å². The Kier molecular flexibility index (Phi) is 6.17. The number of nitrogens with one attached hydrogen (secondary N) is 2. The molecule has 1 fully saturated rings. The predicted octanol–water partition coefficient (Wildman–Crippen LogP) is 4.18. The fourth-order valence-electron chi connectivity index (χ4n) is 2.82. The van der Waals surface area contributed by atoms with Crippen molar-refractivity contribution >= 4 is 21.6 Å². The molecule has 0 aromatic heterocycles. The molecule has 1 aliphatic heterocycles. The molecule has 1 saturated heterocycles. The summed E-state index contributed by atoms with van der Waals surface area (Å²) in [6.45, 7) is 3.42. The number of benzene rings is 1.